The number of ketones is 1. The van der Waals surface area contributed by atoms with Crippen LogP contribution in [0.1, 0.15) is 49.7 Å². The van der Waals surface area contributed by atoms with Crippen molar-refractivity contribution in [3.05, 3.63) is 47.5 Å². The first kappa shape index (κ1) is 15.8. The maximum atomic E-state index is 12.8. The second-order valence-corrected chi connectivity index (χ2v) is 7.74. The fraction of sp³-hybridized carbons (Fsp3) is 0.500. The molecule has 1 aliphatic heterocycles. The van der Waals surface area contributed by atoms with Crippen molar-refractivity contribution in [2.75, 3.05) is 19.6 Å². The number of nitrogens with zero attached hydrogens (tertiary/aromatic N) is 1. The second-order valence-electron chi connectivity index (χ2n) is 7.74. The normalized spacial score (nSPS) is 23.7. The largest absolute Gasteiger partial charge is 0.303 e. The molecule has 0 bridgehead atoms. The van der Waals surface area contributed by atoms with Crippen molar-refractivity contribution in [2.45, 2.75) is 44.9 Å². The van der Waals surface area contributed by atoms with Gasteiger partial charge in [0.1, 0.15) is 5.78 Å². The second kappa shape index (κ2) is 6.68. The van der Waals surface area contributed by atoms with E-state index in [0.29, 0.717) is 5.78 Å². The summed E-state index contributed by atoms with van der Waals surface area (Å²) >= 11 is 0. The van der Waals surface area contributed by atoms with Crippen LogP contribution >= 0.6 is 0 Å². The molecule has 1 fully saturated rings. The molecule has 1 saturated heterocycles. The van der Waals surface area contributed by atoms with Gasteiger partial charge in [-0.2, -0.15) is 0 Å². The molecule has 126 valence electrons. The zero-order valence-electron chi connectivity index (χ0n) is 14.6. The molecule has 0 saturated carbocycles. The number of carbonyl (C=O) groups excluding carboxylic acids is 1. The molecule has 2 aliphatic rings. The van der Waals surface area contributed by atoms with Crippen molar-refractivity contribution < 1.29 is 4.79 Å². The Hall–Kier alpha value is -1.67. The Balaban J connectivity index is 1.39. The van der Waals surface area contributed by atoms with Crippen molar-refractivity contribution in [3.63, 3.8) is 0 Å². The number of Topliss-reactive ketones (excluding diaryl/α,β-unsaturated/α-hetero) is 1. The molecule has 24 heavy (non-hydrogen) atoms. The van der Waals surface area contributed by atoms with Gasteiger partial charge in [-0.3, -0.25) is 4.79 Å². The molecular weight excluding hydrogens is 294 g/mol. The quantitative estimate of drug-likeness (QED) is 0.804. The summed E-state index contributed by atoms with van der Waals surface area (Å²) in [6.45, 7) is 5.85. The number of hydrogen-bond donors (Lipinski definition) is 0. The molecule has 0 aromatic heterocycles. The van der Waals surface area contributed by atoms with Crippen molar-refractivity contribution >= 4 is 16.6 Å². The Morgan fingerprint density at radius 1 is 1.21 bits per heavy atom. The predicted molar refractivity (Wildman–Crippen MR) is 99.5 cm³/mol. The first-order valence-electron chi connectivity index (χ1n) is 9.48. The van der Waals surface area contributed by atoms with E-state index in [2.05, 4.69) is 48.2 Å². The number of likely N-dealkylation sites (tertiary alicyclic amines) is 1. The average molecular weight is 321 g/mol. The van der Waals surface area contributed by atoms with E-state index >= 15 is 0 Å². The Labute approximate surface area is 144 Å². The molecule has 2 aromatic rings. The zero-order valence-corrected chi connectivity index (χ0v) is 14.6. The van der Waals surface area contributed by atoms with Crippen molar-refractivity contribution in [1.82, 2.24) is 4.90 Å². The lowest BCUT2D eigenvalue weighted by Gasteiger charge is -2.30. The van der Waals surface area contributed by atoms with E-state index < -0.39 is 0 Å². The Kier molecular flexibility index (Phi) is 4.41. The number of carbonyl (C=O) groups is 1. The van der Waals surface area contributed by atoms with E-state index in [9.17, 15) is 4.79 Å². The van der Waals surface area contributed by atoms with Gasteiger partial charge in [0, 0.05) is 18.9 Å². The fourth-order valence-corrected chi connectivity index (χ4v) is 4.67. The van der Waals surface area contributed by atoms with Crippen LogP contribution in [-0.4, -0.2) is 30.3 Å². The van der Waals surface area contributed by atoms with E-state index in [4.69, 9.17) is 0 Å². The van der Waals surface area contributed by atoms with Gasteiger partial charge < -0.3 is 4.90 Å². The highest BCUT2D eigenvalue weighted by Gasteiger charge is 2.29. The summed E-state index contributed by atoms with van der Waals surface area (Å²) in [5.41, 5.74) is 2.62. The minimum atomic E-state index is 0.0892. The standard InChI is InChI=1S/C22H27NO/c1-16-6-4-12-23(15-16)13-5-11-21(24)20-14-18-9-2-7-17-8-3-10-19(20)22(17)18/h2-3,7-10,16,20H,4-6,11-15H2,1H3. The van der Waals surface area contributed by atoms with Gasteiger partial charge >= 0.3 is 0 Å². The average Bonchev–Trinajstić information content (AvgIpc) is 2.96. The summed E-state index contributed by atoms with van der Waals surface area (Å²) in [7, 11) is 0. The van der Waals surface area contributed by atoms with E-state index in [1.165, 1.54) is 47.8 Å². The molecule has 2 unspecified atom stereocenters. The fourth-order valence-electron chi connectivity index (χ4n) is 4.67. The summed E-state index contributed by atoms with van der Waals surface area (Å²) < 4.78 is 0. The lowest BCUT2D eigenvalue weighted by molar-refractivity contribution is -0.120. The first-order chi connectivity index (χ1) is 11.7. The van der Waals surface area contributed by atoms with Crippen LogP contribution in [0.25, 0.3) is 10.8 Å². The summed E-state index contributed by atoms with van der Waals surface area (Å²) in [6.07, 6.45) is 5.30. The van der Waals surface area contributed by atoms with Gasteiger partial charge in [-0.25, -0.2) is 0 Å². The molecule has 2 heteroatoms. The van der Waals surface area contributed by atoms with Crippen LogP contribution in [0, 0.1) is 5.92 Å². The monoisotopic (exact) mass is 321 g/mol. The van der Waals surface area contributed by atoms with Crippen LogP contribution in [0.2, 0.25) is 0 Å². The maximum absolute atomic E-state index is 12.8. The molecule has 1 aliphatic carbocycles. The lowest BCUT2D eigenvalue weighted by Crippen LogP contribution is -2.35. The minimum Gasteiger partial charge on any atom is -0.303 e. The van der Waals surface area contributed by atoms with Crippen LogP contribution in [0.3, 0.4) is 0 Å². The maximum Gasteiger partial charge on any atom is 0.140 e. The lowest BCUT2D eigenvalue weighted by atomic mass is 9.92. The van der Waals surface area contributed by atoms with E-state index in [0.717, 1.165) is 31.7 Å². The third-order valence-electron chi connectivity index (χ3n) is 5.85. The van der Waals surface area contributed by atoms with E-state index in [-0.39, 0.29) is 5.92 Å². The molecule has 2 aromatic carbocycles. The van der Waals surface area contributed by atoms with Crippen LogP contribution in [0.15, 0.2) is 36.4 Å². The highest BCUT2D eigenvalue weighted by atomic mass is 16.1. The topological polar surface area (TPSA) is 20.3 Å². The molecule has 0 radical (unpaired) electrons. The van der Waals surface area contributed by atoms with Gasteiger partial charge in [-0.15, -0.1) is 0 Å². The number of rotatable bonds is 5. The molecule has 2 atom stereocenters. The van der Waals surface area contributed by atoms with Gasteiger partial charge in [0.15, 0.2) is 0 Å². The van der Waals surface area contributed by atoms with Gasteiger partial charge in [-0.1, -0.05) is 43.3 Å². The molecule has 1 heterocycles. The number of hydrogen-bond acceptors (Lipinski definition) is 2. The molecule has 0 amide bonds. The van der Waals surface area contributed by atoms with Crippen LogP contribution in [0.4, 0.5) is 0 Å². The zero-order chi connectivity index (χ0) is 16.5. The van der Waals surface area contributed by atoms with Crippen LogP contribution in [0.5, 0.6) is 0 Å². The highest BCUT2D eigenvalue weighted by Crippen LogP contribution is 2.39. The Morgan fingerprint density at radius 3 is 2.88 bits per heavy atom. The third-order valence-corrected chi connectivity index (χ3v) is 5.85. The summed E-state index contributed by atoms with van der Waals surface area (Å²) in [5, 5.41) is 2.62. The molecule has 4 rings (SSSR count). The first-order valence-corrected chi connectivity index (χ1v) is 9.48. The van der Waals surface area contributed by atoms with Gasteiger partial charge in [-0.05, 0) is 66.6 Å². The van der Waals surface area contributed by atoms with Gasteiger partial charge in [0.05, 0.1) is 0 Å². The Morgan fingerprint density at radius 2 is 2.04 bits per heavy atom. The summed E-state index contributed by atoms with van der Waals surface area (Å²) in [4.78, 5) is 15.4. The smallest absolute Gasteiger partial charge is 0.140 e. The van der Waals surface area contributed by atoms with Crippen molar-refractivity contribution in [1.29, 1.82) is 0 Å². The van der Waals surface area contributed by atoms with E-state index in [1.807, 2.05) is 0 Å². The summed E-state index contributed by atoms with van der Waals surface area (Å²) in [5.74, 6) is 1.34. The van der Waals surface area contributed by atoms with Gasteiger partial charge in [0.2, 0.25) is 0 Å². The molecule has 2 nitrogen and oxygen atoms in total. The number of benzene rings is 2. The van der Waals surface area contributed by atoms with Gasteiger partial charge in [0.25, 0.3) is 0 Å². The SMILES string of the molecule is CC1CCCN(CCCC(=O)C2Cc3cccc4cccc2c34)C1. The van der Waals surface area contributed by atoms with E-state index in [1.54, 1.807) is 0 Å². The summed E-state index contributed by atoms with van der Waals surface area (Å²) in [6, 6.07) is 12.9. The highest BCUT2D eigenvalue weighted by molar-refractivity contribution is 5.98. The molecular formula is C22H27NO. The molecule has 0 spiro atoms. The number of piperidine rings is 1. The third kappa shape index (κ3) is 3.00. The van der Waals surface area contributed by atoms with Crippen LogP contribution < -0.4 is 0 Å². The Bertz CT molecular complexity index is 745. The minimum absolute atomic E-state index is 0.0892. The van der Waals surface area contributed by atoms with Crippen molar-refractivity contribution in [3.8, 4) is 0 Å². The molecule has 0 N–H and O–H groups in total. The van der Waals surface area contributed by atoms with Crippen LogP contribution in [-0.2, 0) is 11.2 Å². The van der Waals surface area contributed by atoms with Crippen molar-refractivity contribution in [2.24, 2.45) is 5.92 Å². The predicted octanol–water partition coefficient (Wildman–Crippen LogP) is 4.56.